The van der Waals surface area contributed by atoms with E-state index in [1.807, 2.05) is 0 Å². The Morgan fingerprint density at radius 2 is 2.05 bits per heavy atom. The summed E-state index contributed by atoms with van der Waals surface area (Å²) in [6, 6.07) is 7.07. The normalized spacial score (nSPS) is 10.2. The molecule has 0 amide bonds. The fraction of sp³-hybridized carbons (Fsp3) is 0.143. The number of esters is 1. The standard InChI is InChI=1S/C14H10BrFO4S/c1-19-11-3-2-8(6-9(11)16)14(18)20-7-10(17)12-4-5-13(15)21-12/h2-6H,7H2,1H3. The van der Waals surface area contributed by atoms with Gasteiger partial charge in [0.05, 0.1) is 21.3 Å². The van der Waals surface area contributed by atoms with Gasteiger partial charge in [0, 0.05) is 0 Å². The highest BCUT2D eigenvalue weighted by Gasteiger charge is 2.15. The van der Waals surface area contributed by atoms with Gasteiger partial charge in [-0.2, -0.15) is 0 Å². The van der Waals surface area contributed by atoms with E-state index >= 15 is 0 Å². The van der Waals surface area contributed by atoms with Gasteiger partial charge < -0.3 is 9.47 Å². The van der Waals surface area contributed by atoms with Crippen LogP contribution in [0, 0.1) is 5.82 Å². The van der Waals surface area contributed by atoms with Crippen molar-refractivity contribution < 1.29 is 23.5 Å². The monoisotopic (exact) mass is 372 g/mol. The molecule has 0 aliphatic carbocycles. The van der Waals surface area contributed by atoms with Crippen LogP contribution in [0.3, 0.4) is 0 Å². The molecule has 0 bridgehead atoms. The maximum atomic E-state index is 13.5. The molecule has 0 radical (unpaired) electrons. The predicted octanol–water partition coefficient (Wildman–Crippen LogP) is 3.70. The summed E-state index contributed by atoms with van der Waals surface area (Å²) in [6.07, 6.45) is 0. The number of benzene rings is 1. The first kappa shape index (κ1) is 15.7. The second kappa shape index (κ2) is 6.82. The quantitative estimate of drug-likeness (QED) is 0.593. The van der Waals surface area contributed by atoms with Crippen molar-refractivity contribution in [2.24, 2.45) is 0 Å². The number of carbonyl (C=O) groups is 2. The van der Waals surface area contributed by atoms with Gasteiger partial charge in [-0.3, -0.25) is 4.79 Å². The van der Waals surface area contributed by atoms with Crippen LogP contribution in [-0.4, -0.2) is 25.5 Å². The van der Waals surface area contributed by atoms with Crippen LogP contribution in [0.15, 0.2) is 34.1 Å². The molecule has 7 heteroatoms. The molecule has 0 spiro atoms. The highest BCUT2D eigenvalue weighted by molar-refractivity contribution is 9.11. The van der Waals surface area contributed by atoms with Crippen LogP contribution in [0.5, 0.6) is 5.75 Å². The molecule has 0 saturated heterocycles. The lowest BCUT2D eigenvalue weighted by Crippen LogP contribution is -2.13. The molecule has 0 unspecified atom stereocenters. The summed E-state index contributed by atoms with van der Waals surface area (Å²) >= 11 is 4.49. The molecule has 0 aliphatic heterocycles. The first-order valence-corrected chi connectivity index (χ1v) is 7.41. The first-order valence-electron chi connectivity index (χ1n) is 5.80. The zero-order valence-corrected chi connectivity index (χ0v) is 13.3. The number of rotatable bonds is 5. The molecule has 1 aromatic heterocycles. The van der Waals surface area contributed by atoms with E-state index in [1.54, 1.807) is 12.1 Å². The smallest absolute Gasteiger partial charge is 0.338 e. The van der Waals surface area contributed by atoms with E-state index in [0.29, 0.717) is 4.88 Å². The molecule has 2 aromatic rings. The van der Waals surface area contributed by atoms with Gasteiger partial charge in [-0.1, -0.05) is 0 Å². The number of carbonyl (C=O) groups excluding carboxylic acids is 2. The van der Waals surface area contributed by atoms with Crippen LogP contribution < -0.4 is 4.74 Å². The fourth-order valence-electron chi connectivity index (χ4n) is 1.54. The second-order valence-corrected chi connectivity index (χ2v) is 6.42. The highest BCUT2D eigenvalue weighted by atomic mass is 79.9. The van der Waals surface area contributed by atoms with Gasteiger partial charge in [-0.05, 0) is 46.3 Å². The van der Waals surface area contributed by atoms with Crippen molar-refractivity contribution >= 4 is 39.0 Å². The van der Waals surface area contributed by atoms with Crippen molar-refractivity contribution in [2.45, 2.75) is 0 Å². The first-order chi connectivity index (χ1) is 10.0. The predicted molar refractivity (Wildman–Crippen MR) is 79.6 cm³/mol. The summed E-state index contributed by atoms with van der Waals surface area (Å²) in [4.78, 5) is 24.0. The minimum atomic E-state index is -0.763. The van der Waals surface area contributed by atoms with E-state index in [-0.39, 0.29) is 23.7 Å². The Morgan fingerprint density at radius 1 is 1.29 bits per heavy atom. The summed E-state index contributed by atoms with van der Waals surface area (Å²) in [5.74, 6) is -1.71. The van der Waals surface area contributed by atoms with Crippen molar-refractivity contribution in [3.8, 4) is 5.75 Å². The average Bonchev–Trinajstić information content (AvgIpc) is 2.91. The lowest BCUT2D eigenvalue weighted by atomic mass is 10.2. The van der Waals surface area contributed by atoms with Crippen molar-refractivity contribution in [1.82, 2.24) is 0 Å². The third-order valence-electron chi connectivity index (χ3n) is 2.57. The van der Waals surface area contributed by atoms with Crippen molar-refractivity contribution in [3.63, 3.8) is 0 Å². The molecule has 110 valence electrons. The Labute approximate surface area is 132 Å². The molecule has 4 nitrogen and oxygen atoms in total. The third kappa shape index (κ3) is 3.89. The highest BCUT2D eigenvalue weighted by Crippen LogP contribution is 2.22. The van der Waals surface area contributed by atoms with Crippen molar-refractivity contribution in [1.29, 1.82) is 0 Å². The Kier molecular flexibility index (Phi) is 5.08. The maximum Gasteiger partial charge on any atom is 0.338 e. The van der Waals surface area contributed by atoms with Gasteiger partial charge >= 0.3 is 5.97 Å². The molecular formula is C14H10BrFO4S. The molecule has 2 rings (SSSR count). The second-order valence-electron chi connectivity index (χ2n) is 3.95. The molecule has 0 aliphatic rings. The van der Waals surface area contributed by atoms with E-state index in [4.69, 9.17) is 9.47 Å². The lowest BCUT2D eigenvalue weighted by molar-refractivity contribution is 0.0475. The van der Waals surface area contributed by atoms with Gasteiger partial charge in [-0.25, -0.2) is 9.18 Å². The fourth-order valence-corrected chi connectivity index (χ4v) is 2.85. The Bertz CT molecular complexity index is 683. The summed E-state index contributed by atoms with van der Waals surface area (Å²) in [5.41, 5.74) is 0.0217. The number of ether oxygens (including phenoxy) is 2. The molecule has 1 aromatic carbocycles. The van der Waals surface area contributed by atoms with Crippen molar-refractivity contribution in [2.75, 3.05) is 13.7 Å². The summed E-state index contributed by atoms with van der Waals surface area (Å²) in [5, 5.41) is 0. The Hall–Kier alpha value is -1.73. The van der Waals surface area contributed by atoms with Gasteiger partial charge in [0.2, 0.25) is 5.78 Å². The maximum absolute atomic E-state index is 13.5. The summed E-state index contributed by atoms with van der Waals surface area (Å²) in [6.45, 7) is -0.389. The number of thiophene rings is 1. The summed E-state index contributed by atoms with van der Waals surface area (Å²) < 4.78 is 23.9. The number of methoxy groups -OCH3 is 1. The van der Waals surface area contributed by atoms with E-state index in [9.17, 15) is 14.0 Å². The number of hydrogen-bond acceptors (Lipinski definition) is 5. The zero-order valence-electron chi connectivity index (χ0n) is 10.9. The molecule has 0 N–H and O–H groups in total. The largest absolute Gasteiger partial charge is 0.494 e. The molecule has 0 atom stereocenters. The molecule has 0 saturated carbocycles. The third-order valence-corrected chi connectivity index (χ3v) is 4.23. The van der Waals surface area contributed by atoms with E-state index in [2.05, 4.69) is 15.9 Å². The van der Waals surface area contributed by atoms with Crippen LogP contribution in [0.1, 0.15) is 20.0 Å². The van der Waals surface area contributed by atoms with Crippen LogP contribution >= 0.6 is 27.3 Å². The number of ketones is 1. The Balaban J connectivity index is 1.98. The molecular weight excluding hydrogens is 363 g/mol. The average molecular weight is 373 g/mol. The topological polar surface area (TPSA) is 52.6 Å². The number of Topliss-reactive ketones (excluding diaryl/α,β-unsaturated/α-hetero) is 1. The molecule has 21 heavy (non-hydrogen) atoms. The van der Waals surface area contributed by atoms with Crippen LogP contribution in [0.2, 0.25) is 0 Å². The van der Waals surface area contributed by atoms with Crippen molar-refractivity contribution in [3.05, 3.63) is 50.4 Å². The van der Waals surface area contributed by atoms with Crippen LogP contribution in [0.25, 0.3) is 0 Å². The zero-order chi connectivity index (χ0) is 15.4. The van der Waals surface area contributed by atoms with Crippen LogP contribution in [0.4, 0.5) is 4.39 Å². The Morgan fingerprint density at radius 3 is 2.62 bits per heavy atom. The van der Waals surface area contributed by atoms with Gasteiger partial charge in [0.1, 0.15) is 0 Å². The van der Waals surface area contributed by atoms with Gasteiger partial charge in [-0.15, -0.1) is 11.3 Å². The van der Waals surface area contributed by atoms with E-state index in [1.165, 1.54) is 30.6 Å². The van der Waals surface area contributed by atoms with E-state index in [0.717, 1.165) is 9.85 Å². The van der Waals surface area contributed by atoms with Crippen LogP contribution in [-0.2, 0) is 4.74 Å². The minimum absolute atomic E-state index is 0.0217. The number of halogens is 2. The molecule has 0 fully saturated rings. The molecule has 1 heterocycles. The lowest BCUT2D eigenvalue weighted by Gasteiger charge is -2.05. The summed E-state index contributed by atoms with van der Waals surface area (Å²) in [7, 11) is 1.33. The van der Waals surface area contributed by atoms with Gasteiger partial charge in [0.15, 0.2) is 18.2 Å². The minimum Gasteiger partial charge on any atom is -0.494 e. The van der Waals surface area contributed by atoms with E-state index < -0.39 is 11.8 Å². The number of hydrogen-bond donors (Lipinski definition) is 0. The van der Waals surface area contributed by atoms with Gasteiger partial charge in [0.25, 0.3) is 0 Å². The SMILES string of the molecule is COc1ccc(C(=O)OCC(=O)c2ccc(Br)s2)cc1F.